The molecule has 112 valence electrons. The van der Waals surface area contributed by atoms with Gasteiger partial charge in [-0.3, -0.25) is 9.80 Å². The Morgan fingerprint density at radius 2 is 1.89 bits per heavy atom. The third kappa shape index (κ3) is 5.78. The van der Waals surface area contributed by atoms with Gasteiger partial charge in [-0.15, -0.1) is 0 Å². The highest BCUT2D eigenvalue weighted by atomic mass is 16.5. The van der Waals surface area contributed by atoms with Gasteiger partial charge >= 0.3 is 0 Å². The molecular weight excluding hydrogens is 240 g/mol. The Hall–Kier alpha value is -0.160. The van der Waals surface area contributed by atoms with E-state index in [-0.39, 0.29) is 11.7 Å². The first-order chi connectivity index (χ1) is 8.94. The summed E-state index contributed by atoms with van der Waals surface area (Å²) >= 11 is 0. The number of aliphatic hydroxyl groups excluding tert-OH is 1. The first-order valence-corrected chi connectivity index (χ1v) is 7.72. The first kappa shape index (κ1) is 15.2. The molecule has 0 aromatic rings. The molecule has 1 aliphatic heterocycles. The summed E-state index contributed by atoms with van der Waals surface area (Å²) in [5.41, 5.74) is -0.164. The molecule has 0 spiro atoms. The normalized spacial score (nSPS) is 25.3. The molecule has 1 saturated carbocycles. The van der Waals surface area contributed by atoms with E-state index in [1.807, 2.05) is 20.8 Å². The third-order valence-electron chi connectivity index (χ3n) is 3.86. The Morgan fingerprint density at radius 1 is 1.16 bits per heavy atom. The molecule has 1 aliphatic carbocycles. The van der Waals surface area contributed by atoms with Crippen LogP contribution in [0.25, 0.3) is 0 Å². The van der Waals surface area contributed by atoms with Gasteiger partial charge in [-0.2, -0.15) is 0 Å². The molecule has 0 aromatic carbocycles. The number of hydrogen-bond donors (Lipinski definition) is 1. The molecule has 1 N–H and O–H groups in total. The summed E-state index contributed by atoms with van der Waals surface area (Å²) < 4.78 is 5.65. The second kappa shape index (κ2) is 6.53. The monoisotopic (exact) mass is 270 g/mol. The molecule has 0 aromatic heterocycles. The van der Waals surface area contributed by atoms with Crippen molar-refractivity contribution >= 4 is 0 Å². The number of hydrogen-bond acceptors (Lipinski definition) is 4. The Kier molecular flexibility index (Phi) is 5.23. The zero-order valence-electron chi connectivity index (χ0n) is 12.8. The van der Waals surface area contributed by atoms with Crippen LogP contribution in [0.15, 0.2) is 0 Å². The van der Waals surface area contributed by atoms with E-state index in [1.54, 1.807) is 0 Å². The molecule has 1 atom stereocenters. The van der Waals surface area contributed by atoms with Gasteiger partial charge in [0.25, 0.3) is 0 Å². The maximum Gasteiger partial charge on any atom is 0.0900 e. The minimum Gasteiger partial charge on any atom is -0.389 e. The van der Waals surface area contributed by atoms with Gasteiger partial charge in [0.2, 0.25) is 0 Å². The fraction of sp³-hybridized carbons (Fsp3) is 1.00. The van der Waals surface area contributed by atoms with Gasteiger partial charge in [-0.1, -0.05) is 0 Å². The molecule has 0 bridgehead atoms. The van der Waals surface area contributed by atoms with E-state index in [0.717, 1.165) is 32.2 Å². The van der Waals surface area contributed by atoms with Crippen LogP contribution in [0.4, 0.5) is 0 Å². The van der Waals surface area contributed by atoms with E-state index in [1.165, 1.54) is 25.8 Å². The number of aliphatic hydroxyl groups is 1. The fourth-order valence-corrected chi connectivity index (χ4v) is 2.68. The molecule has 0 amide bonds. The lowest BCUT2D eigenvalue weighted by Crippen LogP contribution is -2.39. The van der Waals surface area contributed by atoms with Crippen molar-refractivity contribution in [3.63, 3.8) is 0 Å². The van der Waals surface area contributed by atoms with E-state index in [4.69, 9.17) is 4.74 Å². The topological polar surface area (TPSA) is 35.9 Å². The Balaban J connectivity index is 1.67. The lowest BCUT2D eigenvalue weighted by atomic mass is 10.2. The van der Waals surface area contributed by atoms with Crippen LogP contribution in [0.1, 0.15) is 40.0 Å². The van der Waals surface area contributed by atoms with Crippen molar-refractivity contribution in [2.75, 3.05) is 39.3 Å². The Labute approximate surface area is 117 Å². The van der Waals surface area contributed by atoms with Crippen LogP contribution < -0.4 is 0 Å². The van der Waals surface area contributed by atoms with Gasteiger partial charge in [0.05, 0.1) is 18.3 Å². The number of ether oxygens (including phenoxy) is 1. The first-order valence-electron chi connectivity index (χ1n) is 7.72. The van der Waals surface area contributed by atoms with Crippen LogP contribution in [0.3, 0.4) is 0 Å². The molecular formula is C15H30N2O2. The molecule has 1 heterocycles. The van der Waals surface area contributed by atoms with Crippen molar-refractivity contribution in [1.82, 2.24) is 9.80 Å². The number of nitrogens with zero attached hydrogens (tertiary/aromatic N) is 2. The molecule has 2 rings (SSSR count). The van der Waals surface area contributed by atoms with Gasteiger partial charge in [-0.25, -0.2) is 0 Å². The van der Waals surface area contributed by atoms with Crippen LogP contribution in [0, 0.1) is 0 Å². The SMILES string of the molecule is CC(C)(C)OCC(O)CN1CCCN(C2CC2)CC1. The van der Waals surface area contributed by atoms with Crippen LogP contribution in [-0.2, 0) is 4.74 Å². The van der Waals surface area contributed by atoms with Gasteiger partial charge in [0.15, 0.2) is 0 Å². The summed E-state index contributed by atoms with van der Waals surface area (Å²) in [6, 6.07) is 0.870. The Morgan fingerprint density at radius 3 is 2.53 bits per heavy atom. The summed E-state index contributed by atoms with van der Waals surface area (Å²) in [5.74, 6) is 0. The van der Waals surface area contributed by atoms with Crippen molar-refractivity contribution in [2.45, 2.75) is 57.8 Å². The second-order valence-corrected chi connectivity index (χ2v) is 7.00. The zero-order valence-corrected chi connectivity index (χ0v) is 12.8. The lowest BCUT2D eigenvalue weighted by molar-refractivity contribution is -0.0558. The zero-order chi connectivity index (χ0) is 13.9. The predicted octanol–water partition coefficient (Wildman–Crippen LogP) is 1.33. The third-order valence-corrected chi connectivity index (χ3v) is 3.86. The van der Waals surface area contributed by atoms with E-state index < -0.39 is 0 Å². The van der Waals surface area contributed by atoms with Gasteiger partial charge in [-0.05, 0) is 53.1 Å². The lowest BCUT2D eigenvalue weighted by Gasteiger charge is -2.26. The molecule has 1 unspecified atom stereocenters. The fourth-order valence-electron chi connectivity index (χ4n) is 2.68. The van der Waals surface area contributed by atoms with Crippen molar-refractivity contribution in [1.29, 1.82) is 0 Å². The predicted molar refractivity (Wildman–Crippen MR) is 77.4 cm³/mol. The van der Waals surface area contributed by atoms with E-state index in [9.17, 15) is 5.11 Å². The Bertz CT molecular complexity index is 274. The molecule has 2 aliphatic rings. The van der Waals surface area contributed by atoms with Gasteiger partial charge in [0, 0.05) is 25.7 Å². The van der Waals surface area contributed by atoms with Crippen LogP contribution >= 0.6 is 0 Å². The molecule has 2 fully saturated rings. The quantitative estimate of drug-likeness (QED) is 0.818. The van der Waals surface area contributed by atoms with Gasteiger partial charge in [0.1, 0.15) is 0 Å². The minimum atomic E-state index is -0.369. The summed E-state index contributed by atoms with van der Waals surface area (Å²) in [5, 5.41) is 10.1. The summed E-state index contributed by atoms with van der Waals surface area (Å²) in [4.78, 5) is 5.01. The second-order valence-electron chi connectivity index (χ2n) is 7.00. The smallest absolute Gasteiger partial charge is 0.0900 e. The summed E-state index contributed by atoms with van der Waals surface area (Å²) in [7, 11) is 0. The number of rotatable bonds is 5. The highest BCUT2D eigenvalue weighted by molar-refractivity contribution is 4.86. The standard InChI is InChI=1S/C15H30N2O2/c1-15(2,3)19-12-14(18)11-16-7-4-8-17(10-9-16)13-5-6-13/h13-14,18H,4-12H2,1-3H3. The summed E-state index contributed by atoms with van der Waals surface area (Å²) in [6.45, 7) is 11.9. The molecule has 4 heteroatoms. The minimum absolute atomic E-state index is 0.164. The van der Waals surface area contributed by atoms with Gasteiger partial charge < -0.3 is 9.84 Å². The maximum atomic E-state index is 10.1. The van der Waals surface area contributed by atoms with Crippen LogP contribution in [0.2, 0.25) is 0 Å². The van der Waals surface area contributed by atoms with Crippen molar-refractivity contribution in [2.24, 2.45) is 0 Å². The molecule has 1 saturated heterocycles. The van der Waals surface area contributed by atoms with E-state index in [2.05, 4.69) is 9.80 Å². The van der Waals surface area contributed by atoms with E-state index in [0.29, 0.717) is 6.61 Å². The highest BCUT2D eigenvalue weighted by Crippen LogP contribution is 2.27. The molecule has 19 heavy (non-hydrogen) atoms. The average Bonchev–Trinajstić information content (AvgIpc) is 3.11. The van der Waals surface area contributed by atoms with Crippen molar-refractivity contribution in [3.8, 4) is 0 Å². The maximum absolute atomic E-state index is 10.1. The highest BCUT2D eigenvalue weighted by Gasteiger charge is 2.30. The van der Waals surface area contributed by atoms with Crippen molar-refractivity contribution < 1.29 is 9.84 Å². The molecule has 4 nitrogen and oxygen atoms in total. The molecule has 0 radical (unpaired) electrons. The number of β-amino-alcohol motifs (C(OH)–C–C–N with tert-alkyl or cyclic N) is 1. The van der Waals surface area contributed by atoms with E-state index >= 15 is 0 Å². The van der Waals surface area contributed by atoms with Crippen LogP contribution in [-0.4, -0.2) is 72.0 Å². The average molecular weight is 270 g/mol. The van der Waals surface area contributed by atoms with Crippen LogP contribution in [0.5, 0.6) is 0 Å². The van der Waals surface area contributed by atoms with Crippen molar-refractivity contribution in [3.05, 3.63) is 0 Å². The summed E-state index contributed by atoms with van der Waals surface area (Å²) in [6.07, 6.45) is 3.64. The largest absolute Gasteiger partial charge is 0.389 e.